The zero-order valence-electron chi connectivity index (χ0n) is 22.7. The topological polar surface area (TPSA) is 116 Å². The summed E-state index contributed by atoms with van der Waals surface area (Å²) < 4.78 is 28.6. The molecule has 1 fully saturated rings. The summed E-state index contributed by atoms with van der Waals surface area (Å²) in [6, 6.07) is 13.5. The van der Waals surface area contributed by atoms with Crippen LogP contribution >= 0.6 is 34.5 Å². The van der Waals surface area contributed by atoms with Gasteiger partial charge in [-0.05, 0) is 55.0 Å². The van der Waals surface area contributed by atoms with Crippen molar-refractivity contribution in [3.8, 4) is 0 Å². The van der Waals surface area contributed by atoms with Crippen molar-refractivity contribution < 1.29 is 22.8 Å². The molecule has 1 aromatic heterocycles. The number of rotatable bonds is 10. The van der Waals surface area contributed by atoms with E-state index in [0.29, 0.717) is 48.9 Å². The van der Waals surface area contributed by atoms with Crippen LogP contribution in [0.1, 0.15) is 36.4 Å². The lowest BCUT2D eigenvalue weighted by molar-refractivity contribution is -0.142. The summed E-state index contributed by atoms with van der Waals surface area (Å²) in [5.41, 5.74) is 0. The van der Waals surface area contributed by atoms with Gasteiger partial charge < -0.3 is 15.1 Å². The Hall–Kier alpha value is -2.70. The number of piperazine rings is 1. The predicted molar refractivity (Wildman–Crippen MR) is 162 cm³/mol. The number of nitrogens with one attached hydrogen (secondary N) is 2. The highest BCUT2D eigenvalue weighted by atomic mass is 35.5. The average molecular weight is 640 g/mol. The molecule has 1 unspecified atom stereocenters. The monoisotopic (exact) mass is 638 g/mol. The van der Waals surface area contributed by atoms with E-state index < -0.39 is 16.6 Å². The van der Waals surface area contributed by atoms with Crippen LogP contribution in [0.3, 0.4) is 0 Å². The lowest BCUT2D eigenvalue weighted by atomic mass is 10.0. The molecule has 220 valence electrons. The molecule has 0 spiro atoms. The maximum absolute atomic E-state index is 12.9. The van der Waals surface area contributed by atoms with Crippen molar-refractivity contribution in [2.45, 2.75) is 37.6 Å². The molecule has 41 heavy (non-hydrogen) atoms. The summed E-state index contributed by atoms with van der Waals surface area (Å²) in [5.74, 6) is -0.446. The fraction of sp³-hybridized carbons (Fsp3) is 0.393. The highest BCUT2D eigenvalue weighted by Gasteiger charge is 2.31. The first kappa shape index (κ1) is 31.2. The Morgan fingerprint density at radius 3 is 2.54 bits per heavy atom. The molecule has 13 heteroatoms. The molecule has 0 aliphatic carbocycles. The zero-order valence-corrected chi connectivity index (χ0v) is 25.9. The number of halogens is 2. The minimum atomic E-state index is -4.01. The smallest absolute Gasteiger partial charge is 0.261 e. The molecule has 9 nitrogen and oxygen atoms in total. The molecule has 2 N–H and O–H groups in total. The van der Waals surface area contributed by atoms with E-state index in [2.05, 4.69) is 10.0 Å². The maximum atomic E-state index is 12.9. The van der Waals surface area contributed by atoms with E-state index in [1.807, 2.05) is 44.2 Å². The lowest BCUT2D eigenvalue weighted by Crippen LogP contribution is -2.57. The Morgan fingerprint density at radius 1 is 1.07 bits per heavy atom. The first-order valence-corrected chi connectivity index (χ1v) is 16.3. The minimum absolute atomic E-state index is 0.00892. The predicted octanol–water partition coefficient (Wildman–Crippen LogP) is 4.39. The van der Waals surface area contributed by atoms with Crippen LogP contribution < -0.4 is 10.0 Å². The molecule has 0 saturated carbocycles. The van der Waals surface area contributed by atoms with Crippen LogP contribution in [-0.4, -0.2) is 74.7 Å². The molecular formula is C28H32Cl2N4O5S2. The fourth-order valence-corrected chi connectivity index (χ4v) is 7.45. The van der Waals surface area contributed by atoms with Crippen molar-refractivity contribution in [2.75, 3.05) is 32.7 Å². The van der Waals surface area contributed by atoms with Gasteiger partial charge in [0.1, 0.15) is 4.90 Å². The molecule has 2 aromatic carbocycles. The van der Waals surface area contributed by atoms with Gasteiger partial charge in [-0.25, -0.2) is 13.1 Å². The molecule has 1 saturated heterocycles. The van der Waals surface area contributed by atoms with Crippen molar-refractivity contribution in [1.82, 2.24) is 19.8 Å². The van der Waals surface area contributed by atoms with Gasteiger partial charge in [0.05, 0.1) is 16.4 Å². The summed E-state index contributed by atoms with van der Waals surface area (Å²) in [6.45, 7) is 4.87. The third-order valence-electron chi connectivity index (χ3n) is 6.99. The summed E-state index contributed by atoms with van der Waals surface area (Å²) in [5, 5.41) is 4.26. The number of carbonyl (C=O) groups is 3. The van der Waals surface area contributed by atoms with Gasteiger partial charge in [0.15, 0.2) is 0 Å². The standard InChI is InChI=1S/C28H32Cl2N4O5S2/c1-18(9-10-31-28(37)24-14-20-5-3-4-6-23(20)40-24)13-26(35)33-11-12-34(19(2)17-33)27(36)16-32-41(38,39)25-8-7-21(29)15-22(25)30/h3-8,14-15,18-19,32H,9-13,16-17H2,1-2H3,(H,31,37)/t18?,19-/m0/s1. The van der Waals surface area contributed by atoms with Crippen LogP contribution in [0.4, 0.5) is 0 Å². The molecular weight excluding hydrogens is 607 g/mol. The Bertz CT molecular complexity index is 1510. The van der Waals surface area contributed by atoms with Crippen LogP contribution in [0, 0.1) is 5.92 Å². The molecule has 0 radical (unpaired) electrons. The van der Waals surface area contributed by atoms with Crippen LogP contribution in [0.15, 0.2) is 53.4 Å². The van der Waals surface area contributed by atoms with Crippen LogP contribution in [0.5, 0.6) is 0 Å². The number of hydrogen-bond acceptors (Lipinski definition) is 6. The average Bonchev–Trinajstić information content (AvgIpc) is 3.36. The summed E-state index contributed by atoms with van der Waals surface area (Å²) in [4.78, 5) is 42.1. The first-order chi connectivity index (χ1) is 19.4. The number of thiophene rings is 1. The minimum Gasteiger partial charge on any atom is -0.351 e. The Morgan fingerprint density at radius 2 is 1.83 bits per heavy atom. The molecule has 0 bridgehead atoms. The van der Waals surface area contributed by atoms with Gasteiger partial charge in [-0.2, -0.15) is 0 Å². The molecule has 3 aromatic rings. The lowest BCUT2D eigenvalue weighted by Gasteiger charge is -2.40. The van der Waals surface area contributed by atoms with Gasteiger partial charge in [-0.15, -0.1) is 11.3 Å². The van der Waals surface area contributed by atoms with E-state index >= 15 is 0 Å². The summed E-state index contributed by atoms with van der Waals surface area (Å²) in [6.07, 6.45) is 0.995. The van der Waals surface area contributed by atoms with Gasteiger partial charge in [-0.1, -0.05) is 48.3 Å². The second-order valence-corrected chi connectivity index (χ2v) is 13.8. The Labute approximate surface area is 253 Å². The SMILES string of the molecule is CC(CCNC(=O)c1cc2ccccc2s1)CC(=O)N1CCN(C(=O)CNS(=O)(=O)c2ccc(Cl)cc2Cl)[C@@H](C)C1. The Kier molecular flexibility index (Phi) is 10.3. The first-order valence-electron chi connectivity index (χ1n) is 13.2. The van der Waals surface area contributed by atoms with Crippen molar-refractivity contribution in [1.29, 1.82) is 0 Å². The number of fused-ring (bicyclic) bond motifs is 1. The van der Waals surface area contributed by atoms with Crippen molar-refractivity contribution in [2.24, 2.45) is 5.92 Å². The van der Waals surface area contributed by atoms with E-state index in [1.54, 1.807) is 9.80 Å². The third kappa shape index (κ3) is 7.98. The van der Waals surface area contributed by atoms with Crippen molar-refractivity contribution in [3.05, 3.63) is 63.5 Å². The molecule has 2 atom stereocenters. The van der Waals surface area contributed by atoms with Gasteiger partial charge in [-0.3, -0.25) is 14.4 Å². The number of hydrogen-bond donors (Lipinski definition) is 2. The van der Waals surface area contributed by atoms with Gasteiger partial charge in [0, 0.05) is 48.4 Å². The van der Waals surface area contributed by atoms with E-state index in [9.17, 15) is 22.8 Å². The molecule has 1 aliphatic rings. The van der Waals surface area contributed by atoms with E-state index in [0.717, 1.165) is 10.1 Å². The maximum Gasteiger partial charge on any atom is 0.261 e. The Balaban J connectivity index is 1.19. The van der Waals surface area contributed by atoms with E-state index in [-0.39, 0.29) is 39.6 Å². The summed E-state index contributed by atoms with van der Waals surface area (Å²) in [7, 11) is -4.01. The number of benzene rings is 2. The van der Waals surface area contributed by atoms with Crippen LogP contribution in [0.25, 0.3) is 10.1 Å². The quantitative estimate of drug-likeness (QED) is 0.342. The van der Waals surface area contributed by atoms with Crippen molar-refractivity contribution in [3.63, 3.8) is 0 Å². The normalized spacial score (nSPS) is 16.5. The number of sulfonamides is 1. The molecule has 4 rings (SSSR count). The second kappa shape index (κ2) is 13.5. The van der Waals surface area contributed by atoms with Gasteiger partial charge in [0.25, 0.3) is 5.91 Å². The third-order valence-corrected chi connectivity index (χ3v) is 10.2. The highest BCUT2D eigenvalue weighted by Crippen LogP contribution is 2.26. The molecule has 2 heterocycles. The second-order valence-electron chi connectivity index (χ2n) is 10.2. The fourth-order valence-electron chi connectivity index (χ4n) is 4.73. The zero-order chi connectivity index (χ0) is 29.7. The van der Waals surface area contributed by atoms with Crippen LogP contribution in [-0.2, 0) is 19.6 Å². The molecule has 3 amide bonds. The van der Waals surface area contributed by atoms with Gasteiger partial charge in [0.2, 0.25) is 21.8 Å². The number of carbonyl (C=O) groups excluding carboxylic acids is 3. The molecule has 1 aliphatic heterocycles. The largest absolute Gasteiger partial charge is 0.351 e. The number of amides is 3. The highest BCUT2D eigenvalue weighted by molar-refractivity contribution is 7.89. The van der Waals surface area contributed by atoms with Crippen LogP contribution in [0.2, 0.25) is 10.0 Å². The van der Waals surface area contributed by atoms with Gasteiger partial charge >= 0.3 is 0 Å². The van der Waals surface area contributed by atoms with Crippen molar-refractivity contribution >= 4 is 72.4 Å². The van der Waals surface area contributed by atoms with E-state index in [1.165, 1.54) is 29.5 Å². The number of nitrogens with zero attached hydrogens (tertiary/aromatic N) is 2. The summed E-state index contributed by atoms with van der Waals surface area (Å²) >= 11 is 13.3. The van der Waals surface area contributed by atoms with E-state index in [4.69, 9.17) is 23.2 Å².